The second-order valence-corrected chi connectivity index (χ2v) is 10.2. The molecule has 1 heterocycles. The van der Waals surface area contributed by atoms with Gasteiger partial charge in [-0.2, -0.15) is 0 Å². The number of hydrogen-bond donors (Lipinski definition) is 3. The zero-order valence-corrected chi connectivity index (χ0v) is 28.0. The van der Waals surface area contributed by atoms with Crippen molar-refractivity contribution < 1.29 is 112 Å². The molecule has 0 amide bonds. The first-order valence-corrected chi connectivity index (χ1v) is 14.4. The van der Waals surface area contributed by atoms with Crippen molar-refractivity contribution in [2.24, 2.45) is 0 Å². The van der Waals surface area contributed by atoms with Crippen LogP contribution in [-0.4, -0.2) is 45.8 Å². The maximum absolute atomic E-state index is 11.9. The molecule has 0 radical (unpaired) electrons. The Kier molecular flexibility index (Phi) is 24.5. The summed E-state index contributed by atoms with van der Waals surface area (Å²) in [4.78, 5) is 44.7. The SMILES string of the molecule is CCCCCCCCCCCCCCCCCC(=O)OC(O)[C@H](O)[C@H]1OC(=O)C(OP(=O)([O-])[O-])=C1O.[Na+].[Na+]. The monoisotopic (exact) mass is 582 g/mol. The van der Waals surface area contributed by atoms with Gasteiger partial charge in [0, 0.05) is 6.42 Å². The van der Waals surface area contributed by atoms with Crippen LogP contribution in [0.15, 0.2) is 11.5 Å². The van der Waals surface area contributed by atoms with Gasteiger partial charge in [-0.05, 0) is 6.42 Å². The minimum absolute atomic E-state index is 0. The molecule has 0 aromatic rings. The van der Waals surface area contributed by atoms with Gasteiger partial charge in [0.15, 0.2) is 18.0 Å². The summed E-state index contributed by atoms with van der Waals surface area (Å²) < 4.78 is 23.6. The Morgan fingerprint density at radius 1 is 0.895 bits per heavy atom. The van der Waals surface area contributed by atoms with Crippen molar-refractivity contribution in [3.8, 4) is 0 Å². The van der Waals surface area contributed by atoms with Crippen molar-refractivity contribution in [2.45, 2.75) is 128 Å². The molecule has 0 bridgehead atoms. The molecule has 210 valence electrons. The van der Waals surface area contributed by atoms with Crippen LogP contribution in [0.3, 0.4) is 0 Å². The van der Waals surface area contributed by atoms with Crippen LogP contribution in [-0.2, 0) is 28.2 Å². The molecule has 0 aromatic heterocycles. The van der Waals surface area contributed by atoms with E-state index in [4.69, 9.17) is 0 Å². The van der Waals surface area contributed by atoms with E-state index in [1.807, 2.05) is 0 Å². The summed E-state index contributed by atoms with van der Waals surface area (Å²) in [5, 5.41) is 29.6. The van der Waals surface area contributed by atoms with Crippen molar-refractivity contribution in [2.75, 3.05) is 0 Å². The number of aliphatic hydroxyl groups is 3. The van der Waals surface area contributed by atoms with E-state index < -0.39 is 49.8 Å². The molecule has 1 aliphatic heterocycles. The Morgan fingerprint density at radius 2 is 1.32 bits per heavy atom. The van der Waals surface area contributed by atoms with Crippen LogP contribution >= 0.6 is 7.82 Å². The van der Waals surface area contributed by atoms with Gasteiger partial charge in [-0.25, -0.2) is 4.79 Å². The molecule has 1 aliphatic rings. The van der Waals surface area contributed by atoms with Gasteiger partial charge in [-0.15, -0.1) is 0 Å². The fourth-order valence-corrected chi connectivity index (χ4v) is 4.33. The van der Waals surface area contributed by atoms with E-state index in [0.29, 0.717) is 6.42 Å². The van der Waals surface area contributed by atoms with Gasteiger partial charge in [0.1, 0.15) is 7.82 Å². The third-order valence-electron chi connectivity index (χ3n) is 5.96. The van der Waals surface area contributed by atoms with Crippen LogP contribution < -0.4 is 68.9 Å². The first-order valence-electron chi connectivity index (χ1n) is 13.0. The first kappa shape index (κ1) is 40.5. The molecule has 14 heteroatoms. The molecule has 0 fully saturated rings. The summed E-state index contributed by atoms with van der Waals surface area (Å²) in [6.07, 6.45) is 11.3. The van der Waals surface area contributed by atoms with Crippen molar-refractivity contribution in [1.82, 2.24) is 0 Å². The van der Waals surface area contributed by atoms with Crippen LogP contribution in [0.1, 0.15) is 110 Å². The van der Waals surface area contributed by atoms with Crippen molar-refractivity contribution in [3.63, 3.8) is 0 Å². The van der Waals surface area contributed by atoms with E-state index in [1.165, 1.54) is 64.2 Å². The van der Waals surface area contributed by atoms with Crippen LogP contribution in [0.4, 0.5) is 0 Å². The minimum atomic E-state index is -5.68. The normalized spacial score (nSPS) is 16.8. The number of carbonyl (C=O) groups excluding carboxylic acids is 2. The van der Waals surface area contributed by atoms with Crippen LogP contribution in [0.25, 0.3) is 0 Å². The standard InChI is InChI=1S/C24H43O11P.2Na/c1-2-3-4-5-6-7-8-9-10-11-12-13-14-15-16-17-18(25)33-23(28)20(27)21-19(26)22(24(29)34-21)35-36(30,31)32;;/h20-21,23,26-28H,2-17H2,1H3,(H2,30,31,32);;/q;2*+1/p-2/t20-,21+,23?;;/m1../s1. The molecule has 1 unspecified atom stereocenters. The number of phosphoric ester groups is 1. The Bertz CT molecular complexity index is 745. The Morgan fingerprint density at radius 3 is 1.74 bits per heavy atom. The number of phosphoric acid groups is 1. The molecule has 0 spiro atoms. The predicted octanol–water partition coefficient (Wildman–Crippen LogP) is -2.98. The summed E-state index contributed by atoms with van der Waals surface area (Å²) in [6, 6.07) is 0. The quantitative estimate of drug-likeness (QED) is 0.0412. The van der Waals surface area contributed by atoms with Gasteiger partial charge in [0.05, 0.1) is 0 Å². The van der Waals surface area contributed by atoms with E-state index in [9.17, 15) is 39.3 Å². The average molecular weight is 583 g/mol. The molecule has 0 aromatic carbocycles. The number of carbonyl (C=O) groups is 2. The fourth-order valence-electron chi connectivity index (χ4n) is 3.94. The zero-order valence-electron chi connectivity index (χ0n) is 23.1. The van der Waals surface area contributed by atoms with Gasteiger partial charge < -0.3 is 43.7 Å². The van der Waals surface area contributed by atoms with Crippen molar-refractivity contribution in [3.05, 3.63) is 11.5 Å². The number of hydrogen-bond acceptors (Lipinski definition) is 11. The number of aliphatic hydroxyl groups excluding tert-OH is 3. The van der Waals surface area contributed by atoms with Gasteiger partial charge in [0.25, 0.3) is 5.76 Å². The van der Waals surface area contributed by atoms with E-state index in [1.54, 1.807) is 0 Å². The minimum Gasteiger partial charge on any atom is -0.780 e. The van der Waals surface area contributed by atoms with E-state index in [2.05, 4.69) is 20.9 Å². The fraction of sp³-hybridized carbons (Fsp3) is 0.833. The van der Waals surface area contributed by atoms with Gasteiger partial charge in [-0.1, -0.05) is 96.8 Å². The third kappa shape index (κ3) is 17.9. The Hall–Kier alpha value is 0.350. The first-order chi connectivity index (χ1) is 17.1. The van der Waals surface area contributed by atoms with Crippen LogP contribution in [0.5, 0.6) is 0 Å². The van der Waals surface area contributed by atoms with Gasteiger partial charge in [-0.3, -0.25) is 4.79 Å². The zero-order chi connectivity index (χ0) is 27.0. The Balaban J connectivity index is 0. The number of esters is 2. The molecule has 3 atom stereocenters. The molecular formula is C24H41Na2O11P. The summed E-state index contributed by atoms with van der Waals surface area (Å²) in [6.45, 7) is 2.23. The molecule has 11 nitrogen and oxygen atoms in total. The predicted molar refractivity (Wildman–Crippen MR) is 126 cm³/mol. The van der Waals surface area contributed by atoms with E-state index >= 15 is 0 Å². The number of ether oxygens (including phenoxy) is 2. The number of cyclic esters (lactones) is 1. The molecular weight excluding hydrogens is 541 g/mol. The summed E-state index contributed by atoms with van der Waals surface area (Å²) in [7, 11) is -5.68. The average Bonchev–Trinajstić information content (AvgIpc) is 3.08. The molecule has 3 N–H and O–H groups in total. The smallest absolute Gasteiger partial charge is 0.780 e. The molecule has 38 heavy (non-hydrogen) atoms. The summed E-state index contributed by atoms with van der Waals surface area (Å²) >= 11 is 0. The van der Waals surface area contributed by atoms with Crippen molar-refractivity contribution >= 4 is 19.8 Å². The topological polar surface area (TPSA) is 186 Å². The van der Waals surface area contributed by atoms with Crippen LogP contribution in [0, 0.1) is 0 Å². The van der Waals surface area contributed by atoms with E-state index in [-0.39, 0.29) is 65.5 Å². The number of unbranched alkanes of at least 4 members (excludes halogenated alkanes) is 14. The van der Waals surface area contributed by atoms with Gasteiger partial charge in [0.2, 0.25) is 6.29 Å². The summed E-state index contributed by atoms with van der Waals surface area (Å²) in [5.41, 5.74) is 0. The second-order valence-electron chi connectivity index (χ2n) is 9.15. The van der Waals surface area contributed by atoms with E-state index in [0.717, 1.165) is 25.7 Å². The number of rotatable bonds is 21. The maximum Gasteiger partial charge on any atom is 1.00 e. The second kappa shape index (κ2) is 23.0. The summed E-state index contributed by atoms with van der Waals surface area (Å²) in [5.74, 6) is -4.86. The molecule has 1 rings (SSSR count). The molecule has 0 aliphatic carbocycles. The molecule has 0 saturated carbocycles. The maximum atomic E-state index is 11.9. The molecule has 0 saturated heterocycles. The van der Waals surface area contributed by atoms with Crippen molar-refractivity contribution in [1.29, 1.82) is 0 Å². The van der Waals surface area contributed by atoms with Crippen LogP contribution in [0.2, 0.25) is 0 Å². The third-order valence-corrected chi connectivity index (χ3v) is 6.37. The van der Waals surface area contributed by atoms with Gasteiger partial charge >= 0.3 is 71.1 Å². The largest absolute Gasteiger partial charge is 1.00 e. The Labute approximate surface area is 269 Å².